The summed E-state index contributed by atoms with van der Waals surface area (Å²) in [5.74, 6) is 1.76. The van der Waals surface area contributed by atoms with Crippen LogP contribution in [0.2, 0.25) is 0 Å². The SMILES string of the molecule is Oc1ccc2c(c1)[C@@]13CCCC[C@H]1[C@H](C2)N(CCC(O)c1ccco1)CC3. The van der Waals surface area contributed by atoms with Crippen LogP contribution in [-0.4, -0.2) is 34.2 Å². The molecule has 144 valence electrons. The molecular weight excluding hydrogens is 338 g/mol. The Balaban J connectivity index is 1.40. The number of hydrogen-bond acceptors (Lipinski definition) is 4. The van der Waals surface area contributed by atoms with Crippen LogP contribution in [0.4, 0.5) is 0 Å². The molecule has 0 radical (unpaired) electrons. The third-order valence-electron chi connectivity index (χ3n) is 7.50. The van der Waals surface area contributed by atoms with E-state index in [1.807, 2.05) is 18.2 Å². The van der Waals surface area contributed by atoms with Gasteiger partial charge in [-0.1, -0.05) is 18.9 Å². The van der Waals surface area contributed by atoms with Gasteiger partial charge in [0.1, 0.15) is 17.6 Å². The topological polar surface area (TPSA) is 56.8 Å². The Labute approximate surface area is 160 Å². The summed E-state index contributed by atoms with van der Waals surface area (Å²) >= 11 is 0. The van der Waals surface area contributed by atoms with Crippen molar-refractivity contribution >= 4 is 0 Å². The Morgan fingerprint density at radius 1 is 1.22 bits per heavy atom. The second-order valence-electron chi connectivity index (χ2n) is 8.73. The lowest BCUT2D eigenvalue weighted by molar-refractivity contribution is -0.0182. The van der Waals surface area contributed by atoms with Gasteiger partial charge in [-0.25, -0.2) is 0 Å². The van der Waals surface area contributed by atoms with Crippen molar-refractivity contribution < 1.29 is 14.6 Å². The molecule has 1 saturated carbocycles. The summed E-state index contributed by atoms with van der Waals surface area (Å²) in [6, 6.07) is 10.3. The molecule has 1 aliphatic heterocycles. The third kappa shape index (κ3) is 2.81. The Morgan fingerprint density at radius 3 is 3.00 bits per heavy atom. The summed E-state index contributed by atoms with van der Waals surface area (Å²) in [6.45, 7) is 1.99. The molecular formula is C23H29NO3. The minimum Gasteiger partial charge on any atom is -0.508 e. The fraction of sp³-hybridized carbons (Fsp3) is 0.565. The van der Waals surface area contributed by atoms with Crippen molar-refractivity contribution in [2.75, 3.05) is 13.1 Å². The Hall–Kier alpha value is -1.78. The van der Waals surface area contributed by atoms with Gasteiger partial charge in [-0.15, -0.1) is 0 Å². The molecule has 1 unspecified atom stereocenters. The number of aliphatic hydroxyl groups excluding tert-OH is 1. The second kappa shape index (κ2) is 6.68. The number of furan rings is 1. The van der Waals surface area contributed by atoms with Crippen LogP contribution in [0, 0.1) is 5.92 Å². The van der Waals surface area contributed by atoms with Gasteiger partial charge in [0.15, 0.2) is 0 Å². The van der Waals surface area contributed by atoms with Crippen LogP contribution in [0.1, 0.15) is 61.5 Å². The largest absolute Gasteiger partial charge is 0.508 e. The van der Waals surface area contributed by atoms with Gasteiger partial charge in [0.25, 0.3) is 0 Å². The predicted molar refractivity (Wildman–Crippen MR) is 104 cm³/mol. The first-order chi connectivity index (χ1) is 13.2. The minimum absolute atomic E-state index is 0.255. The molecule has 1 saturated heterocycles. The molecule has 1 aromatic carbocycles. The number of benzene rings is 1. The van der Waals surface area contributed by atoms with E-state index in [0.29, 0.717) is 29.9 Å². The van der Waals surface area contributed by atoms with Crippen molar-refractivity contribution in [3.05, 3.63) is 53.5 Å². The fourth-order valence-corrected chi connectivity index (χ4v) is 6.26. The van der Waals surface area contributed by atoms with Crippen LogP contribution >= 0.6 is 0 Å². The van der Waals surface area contributed by atoms with Gasteiger partial charge >= 0.3 is 0 Å². The molecule has 2 N–H and O–H groups in total. The number of fused-ring (bicyclic) bond motifs is 1. The minimum atomic E-state index is -0.522. The average Bonchev–Trinajstić information content (AvgIpc) is 3.22. The maximum atomic E-state index is 10.4. The van der Waals surface area contributed by atoms with Crippen molar-refractivity contribution in [2.24, 2.45) is 5.92 Å². The second-order valence-corrected chi connectivity index (χ2v) is 8.73. The normalized spacial score (nSPS) is 31.1. The molecule has 2 fully saturated rings. The summed E-state index contributed by atoms with van der Waals surface area (Å²) in [6.07, 6.45) is 9.22. The number of aromatic hydroxyl groups is 1. The molecule has 27 heavy (non-hydrogen) atoms. The molecule has 1 aromatic heterocycles. The first kappa shape index (κ1) is 17.3. The highest BCUT2D eigenvalue weighted by atomic mass is 16.4. The number of likely N-dealkylation sites (tertiary alicyclic amines) is 1. The summed E-state index contributed by atoms with van der Waals surface area (Å²) in [5, 5.41) is 20.5. The number of aliphatic hydroxyl groups is 1. The van der Waals surface area contributed by atoms with E-state index < -0.39 is 6.10 Å². The van der Waals surface area contributed by atoms with Crippen LogP contribution in [-0.2, 0) is 11.8 Å². The van der Waals surface area contributed by atoms with Crippen LogP contribution < -0.4 is 0 Å². The van der Waals surface area contributed by atoms with E-state index in [2.05, 4.69) is 17.0 Å². The van der Waals surface area contributed by atoms with Gasteiger partial charge in [0.05, 0.1) is 6.26 Å². The molecule has 0 spiro atoms. The number of rotatable bonds is 4. The van der Waals surface area contributed by atoms with Gasteiger partial charge in [-0.2, -0.15) is 0 Å². The zero-order chi connectivity index (χ0) is 18.4. The van der Waals surface area contributed by atoms with E-state index in [4.69, 9.17) is 4.42 Å². The van der Waals surface area contributed by atoms with Crippen LogP contribution in [0.25, 0.3) is 0 Å². The highest BCUT2D eigenvalue weighted by Gasteiger charge is 2.53. The Kier molecular flexibility index (Phi) is 4.29. The quantitative estimate of drug-likeness (QED) is 0.852. The molecule has 0 amide bonds. The molecule has 4 heteroatoms. The van der Waals surface area contributed by atoms with E-state index in [1.54, 1.807) is 6.26 Å². The standard InChI is InChI=1S/C23H29NO3/c25-17-7-6-16-14-20-18-4-1-2-9-23(18,19(16)15-17)10-12-24(20)11-8-21(26)22-5-3-13-27-22/h3,5-7,13,15,18,20-21,25-26H,1-2,4,8-12,14H2/t18-,20-,21?,23+/m0/s1. The van der Waals surface area contributed by atoms with E-state index in [1.165, 1.54) is 43.2 Å². The van der Waals surface area contributed by atoms with Crippen LogP contribution in [0.3, 0.4) is 0 Å². The van der Waals surface area contributed by atoms with Gasteiger partial charge < -0.3 is 14.6 Å². The number of hydrogen-bond donors (Lipinski definition) is 2. The lowest BCUT2D eigenvalue weighted by atomic mass is 9.52. The van der Waals surface area contributed by atoms with E-state index in [-0.39, 0.29) is 5.41 Å². The van der Waals surface area contributed by atoms with Gasteiger partial charge in [-0.05, 0) is 80.0 Å². The Bertz CT molecular complexity index is 802. The first-order valence-electron chi connectivity index (χ1n) is 10.5. The Morgan fingerprint density at radius 2 is 2.15 bits per heavy atom. The molecule has 2 bridgehead atoms. The summed E-state index contributed by atoms with van der Waals surface area (Å²) in [7, 11) is 0. The van der Waals surface area contributed by atoms with Gasteiger partial charge in [-0.3, -0.25) is 4.90 Å². The lowest BCUT2D eigenvalue weighted by Crippen LogP contribution is -2.61. The smallest absolute Gasteiger partial charge is 0.132 e. The molecule has 3 aliphatic rings. The molecule has 2 aromatic rings. The number of nitrogens with zero attached hydrogens (tertiary/aromatic N) is 1. The number of phenolic OH excluding ortho intramolecular Hbond substituents is 1. The zero-order valence-corrected chi connectivity index (χ0v) is 15.8. The maximum absolute atomic E-state index is 10.4. The highest BCUT2D eigenvalue weighted by Crippen LogP contribution is 2.56. The zero-order valence-electron chi connectivity index (χ0n) is 15.8. The molecule has 5 rings (SSSR count). The maximum Gasteiger partial charge on any atom is 0.132 e. The molecule has 4 nitrogen and oxygen atoms in total. The monoisotopic (exact) mass is 367 g/mol. The van der Waals surface area contributed by atoms with Crippen molar-refractivity contribution in [3.63, 3.8) is 0 Å². The first-order valence-corrected chi connectivity index (χ1v) is 10.5. The van der Waals surface area contributed by atoms with Gasteiger partial charge in [0, 0.05) is 18.0 Å². The van der Waals surface area contributed by atoms with Crippen molar-refractivity contribution in [1.29, 1.82) is 0 Å². The average molecular weight is 367 g/mol. The summed E-state index contributed by atoms with van der Waals surface area (Å²) < 4.78 is 5.37. The summed E-state index contributed by atoms with van der Waals surface area (Å²) in [5.41, 5.74) is 3.11. The lowest BCUT2D eigenvalue weighted by Gasteiger charge is -2.59. The van der Waals surface area contributed by atoms with Crippen molar-refractivity contribution in [1.82, 2.24) is 4.90 Å². The molecule has 2 aliphatic carbocycles. The van der Waals surface area contributed by atoms with Crippen LogP contribution in [0.5, 0.6) is 5.75 Å². The van der Waals surface area contributed by atoms with E-state index >= 15 is 0 Å². The van der Waals surface area contributed by atoms with Crippen LogP contribution in [0.15, 0.2) is 41.0 Å². The predicted octanol–water partition coefficient (Wildman–Crippen LogP) is 4.17. The number of phenols is 1. The highest BCUT2D eigenvalue weighted by molar-refractivity contribution is 5.45. The van der Waals surface area contributed by atoms with Crippen molar-refractivity contribution in [2.45, 2.75) is 62.5 Å². The van der Waals surface area contributed by atoms with Gasteiger partial charge in [0.2, 0.25) is 0 Å². The third-order valence-corrected chi connectivity index (χ3v) is 7.50. The number of piperidine rings is 1. The van der Waals surface area contributed by atoms with E-state index in [0.717, 1.165) is 19.5 Å². The molecule has 2 heterocycles. The van der Waals surface area contributed by atoms with Crippen molar-refractivity contribution in [3.8, 4) is 5.75 Å². The summed E-state index contributed by atoms with van der Waals surface area (Å²) in [4.78, 5) is 2.62. The molecule has 4 atom stereocenters. The fourth-order valence-electron chi connectivity index (χ4n) is 6.26. The van der Waals surface area contributed by atoms with E-state index in [9.17, 15) is 10.2 Å².